The number of nitrogens with zero attached hydrogens (tertiary/aromatic N) is 4. The normalized spacial score (nSPS) is 17.8. The molecule has 0 amide bonds. The van der Waals surface area contributed by atoms with Crippen LogP contribution in [-0.2, 0) is 4.74 Å². The molecule has 2 aromatic heterocycles. The number of rotatable bonds is 3. The average molecular weight is 457 g/mol. The number of aromatic nitrogens is 4. The van der Waals surface area contributed by atoms with Crippen molar-refractivity contribution in [3.63, 3.8) is 0 Å². The van der Waals surface area contributed by atoms with Gasteiger partial charge in [0.2, 0.25) is 0 Å². The third-order valence-electron chi connectivity index (χ3n) is 4.04. The summed E-state index contributed by atoms with van der Waals surface area (Å²) in [4.78, 5) is 13.1. The molecule has 0 bridgehead atoms. The fourth-order valence-corrected chi connectivity index (χ4v) is 3.32. The summed E-state index contributed by atoms with van der Waals surface area (Å²) in [5.41, 5.74) is 1.26. The van der Waals surface area contributed by atoms with E-state index in [1.807, 2.05) is 27.2 Å². The number of hydrogen-bond acceptors (Lipinski definition) is 5. The van der Waals surface area contributed by atoms with Gasteiger partial charge in [0, 0.05) is 35.3 Å². The molecule has 3 heterocycles. The second-order valence-corrected chi connectivity index (χ2v) is 6.70. The van der Waals surface area contributed by atoms with E-state index in [0.717, 1.165) is 25.3 Å². The lowest BCUT2D eigenvalue weighted by molar-refractivity contribution is -0.0298. The van der Waals surface area contributed by atoms with Crippen molar-refractivity contribution in [2.45, 2.75) is 25.5 Å². The number of imidazole rings is 1. The van der Waals surface area contributed by atoms with E-state index in [4.69, 9.17) is 4.74 Å². The third kappa shape index (κ3) is 3.30. The molecule has 1 aliphatic rings. The monoisotopic (exact) mass is 457 g/mol. The Morgan fingerprint density at radius 3 is 2.88 bits per heavy atom. The van der Waals surface area contributed by atoms with Crippen molar-refractivity contribution in [1.82, 2.24) is 19.5 Å². The predicted molar refractivity (Wildman–Crippen MR) is 96.5 cm³/mol. The zero-order valence-corrected chi connectivity index (χ0v) is 15.2. The Morgan fingerprint density at radius 2 is 2.12 bits per heavy atom. The largest absolute Gasteiger partial charge is 0.358 e. The molecule has 0 saturated carbocycles. The Balaban J connectivity index is 1.75. The lowest BCUT2D eigenvalue weighted by Crippen LogP contribution is -2.18. The number of fused-ring (bicyclic) bond motifs is 1. The predicted octanol–water partition coefficient (Wildman–Crippen LogP) is 4.15. The van der Waals surface area contributed by atoms with Crippen LogP contribution in [0.4, 0.5) is 20.3 Å². The van der Waals surface area contributed by atoms with E-state index in [9.17, 15) is 8.78 Å². The maximum absolute atomic E-state index is 13.9. The number of ether oxygens (including phenoxy) is 1. The second kappa shape index (κ2) is 6.79. The highest BCUT2D eigenvalue weighted by Gasteiger charge is 2.21. The van der Waals surface area contributed by atoms with Crippen molar-refractivity contribution in [2.75, 3.05) is 11.9 Å². The topological polar surface area (TPSA) is 64.9 Å². The zero-order chi connectivity index (χ0) is 17.4. The Labute approximate surface area is 155 Å². The van der Waals surface area contributed by atoms with Gasteiger partial charge < -0.3 is 10.1 Å². The molecule has 130 valence electrons. The molecule has 6 nitrogen and oxygen atoms in total. The Kier molecular flexibility index (Phi) is 4.50. The standard InChI is InChI=1S/C16H14F2IN5O/c17-9-4-5-11(10(18)7-9)21-14-13-15(23-16(19)22-14)24(8-20-13)12-3-1-2-6-25-12/h4-5,7-8,12H,1-3,6H2,(H,21,22,23). The van der Waals surface area contributed by atoms with Gasteiger partial charge in [-0.15, -0.1) is 0 Å². The van der Waals surface area contributed by atoms with Crippen LogP contribution in [0.2, 0.25) is 0 Å². The summed E-state index contributed by atoms with van der Waals surface area (Å²) in [6, 6.07) is 3.33. The summed E-state index contributed by atoms with van der Waals surface area (Å²) in [6.07, 6.45) is 4.57. The van der Waals surface area contributed by atoms with Gasteiger partial charge in [0.25, 0.3) is 0 Å². The zero-order valence-electron chi connectivity index (χ0n) is 13.0. The molecule has 1 saturated heterocycles. The molecule has 0 aliphatic carbocycles. The van der Waals surface area contributed by atoms with Crippen LogP contribution < -0.4 is 5.32 Å². The van der Waals surface area contributed by atoms with Gasteiger partial charge in [0.15, 0.2) is 20.8 Å². The minimum atomic E-state index is -0.697. The summed E-state index contributed by atoms with van der Waals surface area (Å²) >= 11 is 2.00. The number of hydrogen-bond donors (Lipinski definition) is 1. The molecule has 0 radical (unpaired) electrons. The van der Waals surface area contributed by atoms with E-state index < -0.39 is 11.6 Å². The number of benzene rings is 1. The van der Waals surface area contributed by atoms with E-state index in [-0.39, 0.29) is 11.9 Å². The quantitative estimate of drug-likeness (QED) is 0.473. The molecule has 9 heteroatoms. The molecule has 1 N–H and O–H groups in total. The molecular weight excluding hydrogens is 443 g/mol. The van der Waals surface area contributed by atoms with Gasteiger partial charge >= 0.3 is 0 Å². The van der Waals surface area contributed by atoms with Gasteiger partial charge in [-0.25, -0.2) is 23.7 Å². The van der Waals surface area contributed by atoms with Crippen molar-refractivity contribution < 1.29 is 13.5 Å². The molecule has 1 atom stereocenters. The van der Waals surface area contributed by atoms with Crippen molar-refractivity contribution in [1.29, 1.82) is 0 Å². The first kappa shape index (κ1) is 16.6. The first-order chi connectivity index (χ1) is 12.1. The van der Waals surface area contributed by atoms with Gasteiger partial charge in [0.05, 0.1) is 12.0 Å². The summed E-state index contributed by atoms with van der Waals surface area (Å²) < 4.78 is 35.2. The summed E-state index contributed by atoms with van der Waals surface area (Å²) in [5.74, 6) is -0.963. The highest BCUT2D eigenvalue weighted by Crippen LogP contribution is 2.29. The minimum Gasteiger partial charge on any atom is -0.358 e. The van der Waals surface area contributed by atoms with Crippen LogP contribution in [0.3, 0.4) is 0 Å². The number of nitrogens with one attached hydrogen (secondary N) is 1. The lowest BCUT2D eigenvalue weighted by atomic mass is 10.2. The summed E-state index contributed by atoms with van der Waals surface area (Å²) in [6.45, 7) is 0.707. The van der Waals surface area contributed by atoms with E-state index >= 15 is 0 Å². The average Bonchev–Trinajstić information content (AvgIpc) is 3.02. The van der Waals surface area contributed by atoms with Crippen LogP contribution in [0.5, 0.6) is 0 Å². The maximum atomic E-state index is 13.9. The van der Waals surface area contributed by atoms with Gasteiger partial charge in [-0.1, -0.05) is 0 Å². The fourth-order valence-electron chi connectivity index (χ4n) is 2.85. The third-order valence-corrected chi connectivity index (χ3v) is 4.53. The van der Waals surface area contributed by atoms with Crippen molar-refractivity contribution in [2.24, 2.45) is 0 Å². The van der Waals surface area contributed by atoms with E-state index in [2.05, 4.69) is 20.3 Å². The summed E-state index contributed by atoms with van der Waals surface area (Å²) in [7, 11) is 0. The van der Waals surface area contributed by atoms with Gasteiger partial charge in [-0.3, -0.25) is 4.57 Å². The van der Waals surface area contributed by atoms with Crippen LogP contribution in [-0.4, -0.2) is 26.1 Å². The first-order valence-corrected chi connectivity index (χ1v) is 8.93. The van der Waals surface area contributed by atoms with Gasteiger partial charge in [0.1, 0.15) is 17.9 Å². The Morgan fingerprint density at radius 1 is 1.24 bits per heavy atom. The first-order valence-electron chi connectivity index (χ1n) is 7.85. The van der Waals surface area contributed by atoms with Crippen molar-refractivity contribution in [3.8, 4) is 0 Å². The molecule has 1 aromatic carbocycles. The SMILES string of the molecule is Fc1ccc(Nc2nc(I)nc3c2ncn3C2CCCCO2)c(F)c1. The molecule has 0 spiro atoms. The molecule has 25 heavy (non-hydrogen) atoms. The van der Waals surface area contributed by atoms with Crippen molar-refractivity contribution in [3.05, 3.63) is 40.0 Å². The smallest absolute Gasteiger partial charge is 0.194 e. The van der Waals surface area contributed by atoms with E-state index in [0.29, 0.717) is 27.4 Å². The minimum absolute atomic E-state index is 0.111. The van der Waals surface area contributed by atoms with Crippen LogP contribution in [0.25, 0.3) is 11.2 Å². The van der Waals surface area contributed by atoms with Crippen molar-refractivity contribution >= 4 is 45.3 Å². The van der Waals surface area contributed by atoms with E-state index in [1.54, 1.807) is 6.33 Å². The van der Waals surface area contributed by atoms with Gasteiger partial charge in [-0.2, -0.15) is 0 Å². The second-order valence-electron chi connectivity index (χ2n) is 5.74. The lowest BCUT2D eigenvalue weighted by Gasteiger charge is -2.23. The number of halogens is 3. The Bertz CT molecular complexity index is 926. The van der Waals surface area contributed by atoms with Gasteiger partial charge in [-0.05, 0) is 31.4 Å². The molecular formula is C16H14F2IN5O. The molecule has 1 fully saturated rings. The van der Waals surface area contributed by atoms with Crippen LogP contribution >= 0.6 is 22.6 Å². The fraction of sp³-hybridized carbons (Fsp3) is 0.312. The highest BCUT2D eigenvalue weighted by molar-refractivity contribution is 14.1. The van der Waals surface area contributed by atoms with Crippen LogP contribution in [0, 0.1) is 15.5 Å². The van der Waals surface area contributed by atoms with Crippen LogP contribution in [0.1, 0.15) is 25.5 Å². The maximum Gasteiger partial charge on any atom is 0.194 e. The number of anilines is 2. The Hall–Kier alpha value is -1.88. The highest BCUT2D eigenvalue weighted by atomic mass is 127. The van der Waals surface area contributed by atoms with Crippen LogP contribution in [0.15, 0.2) is 24.5 Å². The molecule has 4 rings (SSSR count). The molecule has 3 aromatic rings. The molecule has 1 unspecified atom stereocenters. The van der Waals surface area contributed by atoms with E-state index in [1.165, 1.54) is 12.1 Å². The summed E-state index contributed by atoms with van der Waals surface area (Å²) in [5, 5.41) is 2.89. The molecule has 1 aliphatic heterocycles.